The Morgan fingerprint density at radius 1 is 1.24 bits per heavy atom. The second-order valence-corrected chi connectivity index (χ2v) is 4.97. The van der Waals surface area contributed by atoms with E-state index in [1.807, 2.05) is 13.8 Å². The van der Waals surface area contributed by atoms with Crippen molar-refractivity contribution < 1.29 is 18.3 Å². The molecule has 7 heteroatoms. The Labute approximate surface area is 128 Å². The number of halogens is 2. The van der Waals surface area contributed by atoms with Crippen LogP contribution in [0.4, 0.5) is 14.5 Å². The minimum Gasteiger partial charge on any atom is -0.435 e. The topological polar surface area (TPSA) is 42.5 Å². The van der Waals surface area contributed by atoms with Crippen molar-refractivity contribution in [3.05, 3.63) is 24.3 Å². The van der Waals surface area contributed by atoms with E-state index in [4.69, 9.17) is 17.0 Å². The van der Waals surface area contributed by atoms with Crippen LogP contribution in [-0.4, -0.2) is 31.0 Å². The van der Waals surface area contributed by atoms with Gasteiger partial charge in [-0.15, -0.1) is 0 Å². The van der Waals surface area contributed by atoms with Gasteiger partial charge in [-0.2, -0.15) is 8.78 Å². The molecular formula is C14H20F2N2O2S. The fourth-order valence-electron chi connectivity index (χ4n) is 1.49. The van der Waals surface area contributed by atoms with Gasteiger partial charge in [-0.3, -0.25) is 0 Å². The van der Waals surface area contributed by atoms with Crippen LogP contribution in [0.3, 0.4) is 0 Å². The van der Waals surface area contributed by atoms with Crippen LogP contribution < -0.4 is 15.4 Å². The summed E-state index contributed by atoms with van der Waals surface area (Å²) in [4.78, 5) is 0. The lowest BCUT2D eigenvalue weighted by Gasteiger charge is -2.12. The summed E-state index contributed by atoms with van der Waals surface area (Å²) in [6.45, 7) is 2.53. The van der Waals surface area contributed by atoms with Crippen LogP contribution in [0.2, 0.25) is 0 Å². The molecule has 21 heavy (non-hydrogen) atoms. The van der Waals surface area contributed by atoms with E-state index >= 15 is 0 Å². The summed E-state index contributed by atoms with van der Waals surface area (Å²) in [5.41, 5.74) is 0.701. The molecule has 0 bridgehead atoms. The number of rotatable bonds is 8. The number of benzene rings is 1. The highest BCUT2D eigenvalue weighted by atomic mass is 32.1. The van der Waals surface area contributed by atoms with E-state index in [0.29, 0.717) is 24.0 Å². The Bertz CT molecular complexity index is 427. The summed E-state index contributed by atoms with van der Waals surface area (Å²) < 4.78 is 33.7. The van der Waals surface area contributed by atoms with Gasteiger partial charge in [0.05, 0.1) is 6.10 Å². The molecule has 4 nitrogen and oxygen atoms in total. The summed E-state index contributed by atoms with van der Waals surface area (Å²) in [7, 11) is 0. The Morgan fingerprint density at radius 2 is 1.90 bits per heavy atom. The van der Waals surface area contributed by atoms with Gasteiger partial charge in [0.2, 0.25) is 0 Å². The van der Waals surface area contributed by atoms with Crippen molar-refractivity contribution in [2.75, 3.05) is 18.5 Å². The number of nitrogens with one attached hydrogen (secondary N) is 2. The first kappa shape index (κ1) is 17.6. The molecule has 0 atom stereocenters. The molecule has 0 saturated carbocycles. The van der Waals surface area contributed by atoms with E-state index in [1.54, 1.807) is 12.1 Å². The smallest absolute Gasteiger partial charge is 0.387 e. The highest BCUT2D eigenvalue weighted by molar-refractivity contribution is 7.80. The van der Waals surface area contributed by atoms with E-state index in [2.05, 4.69) is 15.4 Å². The number of anilines is 1. The van der Waals surface area contributed by atoms with Gasteiger partial charge in [0.25, 0.3) is 0 Å². The van der Waals surface area contributed by atoms with Gasteiger partial charge in [-0.25, -0.2) is 0 Å². The monoisotopic (exact) mass is 318 g/mol. The van der Waals surface area contributed by atoms with Crippen molar-refractivity contribution >= 4 is 23.0 Å². The maximum atomic E-state index is 12.0. The van der Waals surface area contributed by atoms with Crippen LogP contribution >= 0.6 is 12.2 Å². The lowest BCUT2D eigenvalue weighted by Crippen LogP contribution is -2.29. The van der Waals surface area contributed by atoms with Crippen LogP contribution in [0.25, 0.3) is 0 Å². The molecule has 0 heterocycles. The zero-order valence-electron chi connectivity index (χ0n) is 12.1. The molecule has 118 valence electrons. The predicted molar refractivity (Wildman–Crippen MR) is 83.0 cm³/mol. The molecule has 0 radical (unpaired) electrons. The Balaban J connectivity index is 2.25. The second kappa shape index (κ2) is 9.46. The number of hydrogen-bond acceptors (Lipinski definition) is 3. The minimum absolute atomic E-state index is 0.111. The first-order valence-electron chi connectivity index (χ1n) is 6.68. The molecule has 1 aromatic rings. The molecule has 0 unspecified atom stereocenters. The van der Waals surface area contributed by atoms with Crippen molar-refractivity contribution in [3.8, 4) is 5.75 Å². The standard InChI is InChI=1S/C14H20F2N2O2S/c1-10(2)19-9-3-8-17-14(21)18-11-4-6-12(7-5-11)20-13(15)16/h4-7,10,13H,3,8-9H2,1-2H3,(H2,17,18,21). The summed E-state index contributed by atoms with van der Waals surface area (Å²) in [5, 5.41) is 6.47. The number of thiocarbonyl (C=S) groups is 1. The van der Waals surface area contributed by atoms with Crippen LogP contribution in [0.15, 0.2) is 24.3 Å². The molecule has 0 aromatic heterocycles. The molecule has 1 aromatic carbocycles. The van der Waals surface area contributed by atoms with Gasteiger partial charge in [-0.1, -0.05) is 0 Å². The van der Waals surface area contributed by atoms with E-state index in [1.165, 1.54) is 12.1 Å². The highest BCUT2D eigenvalue weighted by Crippen LogP contribution is 2.17. The second-order valence-electron chi connectivity index (χ2n) is 4.56. The number of alkyl halides is 2. The average molecular weight is 318 g/mol. The van der Waals surface area contributed by atoms with E-state index in [-0.39, 0.29) is 11.9 Å². The van der Waals surface area contributed by atoms with E-state index in [9.17, 15) is 8.78 Å². The van der Waals surface area contributed by atoms with Crippen LogP contribution in [0.5, 0.6) is 5.75 Å². The van der Waals surface area contributed by atoms with Crippen molar-refractivity contribution in [1.29, 1.82) is 0 Å². The fraction of sp³-hybridized carbons (Fsp3) is 0.500. The molecule has 0 aliphatic heterocycles. The molecule has 1 rings (SSSR count). The van der Waals surface area contributed by atoms with Crippen molar-refractivity contribution in [2.45, 2.75) is 33.0 Å². The maximum absolute atomic E-state index is 12.0. The van der Waals surface area contributed by atoms with Crippen LogP contribution in [0.1, 0.15) is 20.3 Å². The minimum atomic E-state index is -2.82. The van der Waals surface area contributed by atoms with E-state index in [0.717, 1.165) is 6.42 Å². The lowest BCUT2D eigenvalue weighted by atomic mass is 10.3. The van der Waals surface area contributed by atoms with Gasteiger partial charge < -0.3 is 20.1 Å². The Hall–Kier alpha value is -1.47. The number of hydrogen-bond donors (Lipinski definition) is 2. The first-order chi connectivity index (χ1) is 9.97. The van der Waals surface area contributed by atoms with Crippen LogP contribution in [-0.2, 0) is 4.74 Å². The predicted octanol–water partition coefficient (Wildman–Crippen LogP) is 3.39. The molecule has 0 aliphatic rings. The van der Waals surface area contributed by atoms with Gasteiger partial charge >= 0.3 is 6.61 Å². The summed E-state index contributed by atoms with van der Waals surface area (Å²) in [6.07, 6.45) is 1.07. The zero-order chi connectivity index (χ0) is 15.7. The quantitative estimate of drug-likeness (QED) is 0.568. The first-order valence-corrected chi connectivity index (χ1v) is 7.09. The SMILES string of the molecule is CC(C)OCCCNC(=S)Nc1ccc(OC(F)F)cc1. The Morgan fingerprint density at radius 3 is 2.48 bits per heavy atom. The van der Waals surface area contributed by atoms with Crippen molar-refractivity contribution in [2.24, 2.45) is 0 Å². The summed E-state index contributed by atoms with van der Waals surface area (Å²) in [6, 6.07) is 6.14. The third kappa shape index (κ3) is 8.41. The van der Waals surface area contributed by atoms with E-state index < -0.39 is 6.61 Å². The van der Waals surface area contributed by atoms with Crippen molar-refractivity contribution in [1.82, 2.24) is 5.32 Å². The molecule has 2 N–H and O–H groups in total. The molecule has 0 spiro atoms. The Kier molecular flexibility index (Phi) is 7.92. The van der Waals surface area contributed by atoms with Gasteiger partial charge in [0.15, 0.2) is 5.11 Å². The van der Waals surface area contributed by atoms with Gasteiger partial charge in [0, 0.05) is 18.8 Å². The molecule has 0 aliphatic carbocycles. The van der Waals surface area contributed by atoms with Crippen molar-refractivity contribution in [3.63, 3.8) is 0 Å². The summed E-state index contributed by atoms with van der Waals surface area (Å²) >= 11 is 5.13. The average Bonchev–Trinajstić information content (AvgIpc) is 2.39. The lowest BCUT2D eigenvalue weighted by molar-refractivity contribution is -0.0498. The largest absolute Gasteiger partial charge is 0.435 e. The van der Waals surface area contributed by atoms with Gasteiger partial charge in [-0.05, 0) is 56.8 Å². The third-order valence-corrected chi connectivity index (χ3v) is 2.64. The normalized spacial score (nSPS) is 10.8. The molecule has 0 fully saturated rings. The fourth-order valence-corrected chi connectivity index (χ4v) is 1.71. The van der Waals surface area contributed by atoms with Gasteiger partial charge in [0.1, 0.15) is 5.75 Å². The number of ether oxygens (including phenoxy) is 2. The molecule has 0 amide bonds. The maximum Gasteiger partial charge on any atom is 0.387 e. The zero-order valence-corrected chi connectivity index (χ0v) is 12.9. The highest BCUT2D eigenvalue weighted by Gasteiger charge is 2.04. The summed E-state index contributed by atoms with van der Waals surface area (Å²) in [5.74, 6) is 0.111. The third-order valence-electron chi connectivity index (χ3n) is 2.40. The molecular weight excluding hydrogens is 298 g/mol. The van der Waals surface area contributed by atoms with Crippen LogP contribution in [0, 0.1) is 0 Å². The molecule has 0 saturated heterocycles.